The number of amides is 1. The van der Waals surface area contributed by atoms with Gasteiger partial charge in [0.15, 0.2) is 0 Å². The zero-order valence-corrected chi connectivity index (χ0v) is 16.8. The first kappa shape index (κ1) is 21.6. The Kier molecular flexibility index (Phi) is 5.71. The van der Waals surface area contributed by atoms with E-state index in [1.807, 2.05) is 0 Å². The quantitative estimate of drug-likeness (QED) is 0.331. The maximum Gasteiger partial charge on any atom is 0.451 e. The van der Waals surface area contributed by atoms with Gasteiger partial charge in [0, 0.05) is 16.8 Å². The van der Waals surface area contributed by atoms with Crippen molar-refractivity contribution in [1.29, 1.82) is 0 Å². The Balaban J connectivity index is 1.60. The summed E-state index contributed by atoms with van der Waals surface area (Å²) in [5.41, 5.74) is 0.680. The highest BCUT2D eigenvalue weighted by Gasteiger charge is 2.40. The molecule has 0 saturated heterocycles. The molecule has 0 unspecified atom stereocenters. The lowest BCUT2D eigenvalue weighted by molar-refractivity contribution is -0.152. The average molecular weight is 461 g/mol. The van der Waals surface area contributed by atoms with Gasteiger partial charge in [-0.25, -0.2) is 9.37 Å². The normalized spacial score (nSPS) is 11.4. The number of alkyl halides is 3. The van der Waals surface area contributed by atoms with E-state index in [2.05, 4.69) is 10.3 Å². The van der Waals surface area contributed by atoms with Crippen LogP contribution in [0.2, 0.25) is 5.02 Å². The second-order valence-corrected chi connectivity index (χ2v) is 7.12. The zero-order valence-electron chi connectivity index (χ0n) is 16.1. The Bertz CT molecular complexity index is 1270. The number of halogens is 5. The minimum absolute atomic E-state index is 0.0490. The van der Waals surface area contributed by atoms with Gasteiger partial charge in [0.05, 0.1) is 10.6 Å². The van der Waals surface area contributed by atoms with Crippen molar-refractivity contribution in [2.75, 3.05) is 5.32 Å². The van der Waals surface area contributed by atoms with E-state index in [0.717, 1.165) is 12.1 Å². The summed E-state index contributed by atoms with van der Waals surface area (Å²) in [6.45, 7) is 0. The molecule has 32 heavy (non-hydrogen) atoms. The summed E-state index contributed by atoms with van der Waals surface area (Å²) in [7, 11) is 0. The molecule has 4 rings (SSSR count). The molecule has 0 aliphatic heterocycles. The first-order valence-corrected chi connectivity index (χ1v) is 9.60. The monoisotopic (exact) mass is 460 g/mol. The van der Waals surface area contributed by atoms with Crippen LogP contribution in [0.25, 0.3) is 22.7 Å². The molecule has 0 spiro atoms. The predicted octanol–water partition coefficient (Wildman–Crippen LogP) is 7.07. The number of oxazole rings is 1. The van der Waals surface area contributed by atoms with Crippen molar-refractivity contribution in [3.05, 3.63) is 95.0 Å². The minimum atomic E-state index is -4.72. The fourth-order valence-corrected chi connectivity index (χ4v) is 3.25. The first-order chi connectivity index (χ1) is 15.2. The number of hydrogen-bond acceptors (Lipinski definition) is 3. The Morgan fingerprint density at radius 3 is 2.25 bits per heavy atom. The summed E-state index contributed by atoms with van der Waals surface area (Å²) in [5.74, 6) is -2.54. The van der Waals surface area contributed by atoms with E-state index >= 15 is 0 Å². The molecule has 1 heterocycles. The van der Waals surface area contributed by atoms with Crippen LogP contribution < -0.4 is 5.32 Å². The first-order valence-electron chi connectivity index (χ1n) is 9.22. The molecule has 0 saturated carbocycles. The topological polar surface area (TPSA) is 55.1 Å². The molecule has 4 nitrogen and oxygen atoms in total. The highest BCUT2D eigenvalue weighted by molar-refractivity contribution is 6.34. The van der Waals surface area contributed by atoms with Crippen LogP contribution in [0.4, 0.5) is 23.2 Å². The van der Waals surface area contributed by atoms with Gasteiger partial charge in [-0.3, -0.25) is 4.79 Å². The van der Waals surface area contributed by atoms with Gasteiger partial charge in [-0.15, -0.1) is 0 Å². The molecule has 1 amide bonds. The number of aromatic nitrogens is 1. The van der Waals surface area contributed by atoms with Crippen molar-refractivity contribution in [1.82, 2.24) is 4.98 Å². The minimum Gasteiger partial charge on any atom is -0.431 e. The summed E-state index contributed by atoms with van der Waals surface area (Å²) >= 11 is 5.89. The number of rotatable bonds is 4. The van der Waals surface area contributed by atoms with Crippen molar-refractivity contribution in [2.45, 2.75) is 6.18 Å². The summed E-state index contributed by atoms with van der Waals surface area (Å²) < 4.78 is 58.6. The van der Waals surface area contributed by atoms with Gasteiger partial charge in [-0.2, -0.15) is 13.2 Å². The van der Waals surface area contributed by atoms with Crippen molar-refractivity contribution in [3.8, 4) is 22.7 Å². The fraction of sp³-hybridized carbons (Fsp3) is 0.0435. The Morgan fingerprint density at radius 1 is 0.938 bits per heavy atom. The van der Waals surface area contributed by atoms with Crippen LogP contribution in [0.3, 0.4) is 0 Å². The smallest absolute Gasteiger partial charge is 0.431 e. The lowest BCUT2D eigenvalue weighted by atomic mass is 10.1. The molecule has 1 aromatic heterocycles. The lowest BCUT2D eigenvalue weighted by Crippen LogP contribution is -2.12. The third-order valence-corrected chi connectivity index (χ3v) is 4.81. The molecular weight excluding hydrogens is 448 g/mol. The van der Waals surface area contributed by atoms with Crippen molar-refractivity contribution in [2.24, 2.45) is 0 Å². The van der Waals surface area contributed by atoms with Gasteiger partial charge in [0.1, 0.15) is 11.5 Å². The molecule has 3 aromatic carbocycles. The van der Waals surface area contributed by atoms with E-state index in [9.17, 15) is 22.4 Å². The summed E-state index contributed by atoms with van der Waals surface area (Å²) in [5, 5.41) is 2.54. The van der Waals surface area contributed by atoms with Crippen LogP contribution in [0.1, 0.15) is 16.1 Å². The molecule has 4 aromatic rings. The van der Waals surface area contributed by atoms with Crippen molar-refractivity contribution in [3.63, 3.8) is 0 Å². The van der Waals surface area contributed by atoms with Gasteiger partial charge in [-0.05, 0) is 42.5 Å². The van der Waals surface area contributed by atoms with Crippen LogP contribution in [0.15, 0.2) is 77.2 Å². The largest absolute Gasteiger partial charge is 0.451 e. The standard InChI is InChI=1S/C23H13ClF4N2O2/c24-18-12-15(25)8-11-17(18)21(31)29-16-9-6-14(7-10-16)22-30-19(13-4-2-1-3-5-13)20(32-22)23(26,27)28/h1-12H,(H,29,31). The Hall–Kier alpha value is -3.65. The van der Waals surface area contributed by atoms with Gasteiger partial charge in [0.2, 0.25) is 11.7 Å². The molecule has 9 heteroatoms. The van der Waals surface area contributed by atoms with Crippen molar-refractivity contribution < 1.29 is 26.8 Å². The number of benzene rings is 3. The maximum atomic E-state index is 13.5. The second-order valence-electron chi connectivity index (χ2n) is 6.72. The molecule has 0 radical (unpaired) electrons. The fourth-order valence-electron chi connectivity index (χ4n) is 3.00. The second kappa shape index (κ2) is 8.47. The van der Waals surface area contributed by atoms with E-state index < -0.39 is 23.7 Å². The van der Waals surface area contributed by atoms with E-state index in [0.29, 0.717) is 5.69 Å². The highest BCUT2D eigenvalue weighted by Crippen LogP contribution is 2.39. The number of carbonyl (C=O) groups is 1. The SMILES string of the molecule is O=C(Nc1ccc(-c2nc(-c3ccccc3)c(C(F)(F)F)o2)cc1)c1ccc(F)cc1Cl. The Morgan fingerprint density at radius 2 is 1.62 bits per heavy atom. The average Bonchev–Trinajstić information content (AvgIpc) is 3.21. The van der Waals surface area contributed by atoms with Gasteiger partial charge in [0.25, 0.3) is 5.91 Å². The molecule has 0 fully saturated rings. The zero-order chi connectivity index (χ0) is 22.9. The van der Waals surface area contributed by atoms with Crippen LogP contribution in [-0.4, -0.2) is 10.9 Å². The summed E-state index contributed by atoms with van der Waals surface area (Å²) in [6.07, 6.45) is -4.72. The van der Waals surface area contributed by atoms with Crippen LogP contribution in [0, 0.1) is 5.82 Å². The number of anilines is 1. The molecule has 1 N–H and O–H groups in total. The molecule has 162 valence electrons. The molecule has 0 bridgehead atoms. The third-order valence-electron chi connectivity index (χ3n) is 4.50. The number of hydrogen-bond donors (Lipinski definition) is 1. The number of nitrogens with zero attached hydrogens (tertiary/aromatic N) is 1. The number of carbonyl (C=O) groups excluding carboxylic acids is 1. The van der Waals surface area contributed by atoms with E-state index in [-0.39, 0.29) is 33.3 Å². The van der Waals surface area contributed by atoms with Crippen molar-refractivity contribution >= 4 is 23.2 Å². The molecular formula is C23H13ClF4N2O2. The van der Waals surface area contributed by atoms with Gasteiger partial charge >= 0.3 is 6.18 Å². The van der Waals surface area contributed by atoms with E-state index in [1.165, 1.54) is 42.5 Å². The predicted molar refractivity (Wildman–Crippen MR) is 112 cm³/mol. The maximum absolute atomic E-state index is 13.5. The van der Waals surface area contributed by atoms with Crippen LogP contribution in [0.5, 0.6) is 0 Å². The summed E-state index contributed by atoms with van der Waals surface area (Å²) in [6, 6.07) is 17.2. The molecule has 0 atom stereocenters. The van der Waals surface area contributed by atoms with E-state index in [1.54, 1.807) is 18.2 Å². The van der Waals surface area contributed by atoms with E-state index in [4.69, 9.17) is 16.0 Å². The molecule has 0 aliphatic carbocycles. The lowest BCUT2D eigenvalue weighted by Gasteiger charge is -2.07. The van der Waals surface area contributed by atoms with Crippen LogP contribution in [-0.2, 0) is 6.18 Å². The highest BCUT2D eigenvalue weighted by atomic mass is 35.5. The third kappa shape index (κ3) is 4.50. The van der Waals surface area contributed by atoms with Crippen LogP contribution >= 0.6 is 11.6 Å². The van der Waals surface area contributed by atoms with Gasteiger partial charge < -0.3 is 9.73 Å². The molecule has 0 aliphatic rings. The van der Waals surface area contributed by atoms with Gasteiger partial charge in [-0.1, -0.05) is 41.9 Å². The number of nitrogens with one attached hydrogen (secondary N) is 1. The summed E-state index contributed by atoms with van der Waals surface area (Å²) in [4.78, 5) is 16.4. The Labute approximate surface area is 184 Å².